The molecule has 9 nitrogen and oxygen atoms in total. The minimum Gasteiger partial charge on any atom is -0.458 e. The molecule has 1 aliphatic rings. The van der Waals surface area contributed by atoms with Crippen molar-refractivity contribution in [3.05, 3.63) is 101 Å². The zero-order valence-electron chi connectivity index (χ0n) is 28.3. The van der Waals surface area contributed by atoms with Crippen molar-refractivity contribution in [2.45, 2.75) is 86.0 Å². The van der Waals surface area contributed by atoms with E-state index in [1.54, 1.807) is 62.4 Å². The lowest BCUT2D eigenvalue weighted by Gasteiger charge is -2.29. The fourth-order valence-corrected chi connectivity index (χ4v) is 4.61. The van der Waals surface area contributed by atoms with Gasteiger partial charge in [-0.2, -0.15) is 0 Å². The molecule has 47 heavy (non-hydrogen) atoms. The quantitative estimate of drug-likeness (QED) is 0.107. The van der Waals surface area contributed by atoms with E-state index in [-0.39, 0.29) is 23.9 Å². The molecule has 3 amide bonds. The Morgan fingerprint density at radius 3 is 2.40 bits per heavy atom. The van der Waals surface area contributed by atoms with Crippen LogP contribution in [-0.4, -0.2) is 42.1 Å². The van der Waals surface area contributed by atoms with Crippen molar-refractivity contribution in [1.29, 1.82) is 0 Å². The number of halogens is 1. The number of benzene rings is 1. The third-order valence-corrected chi connectivity index (χ3v) is 7.33. The van der Waals surface area contributed by atoms with Crippen molar-refractivity contribution in [3.8, 4) is 0 Å². The van der Waals surface area contributed by atoms with Crippen molar-refractivity contribution >= 4 is 41.2 Å². The van der Waals surface area contributed by atoms with Crippen LogP contribution in [0.1, 0.15) is 67.7 Å². The largest absolute Gasteiger partial charge is 0.458 e. The van der Waals surface area contributed by atoms with Gasteiger partial charge in [0.05, 0.1) is 0 Å². The Morgan fingerprint density at radius 2 is 1.77 bits per heavy atom. The topological polar surface area (TPSA) is 123 Å². The summed E-state index contributed by atoms with van der Waals surface area (Å²) < 4.78 is 11.1. The molecular weight excluding hydrogens is 618 g/mol. The first-order valence-electron chi connectivity index (χ1n) is 15.7. The molecule has 0 bridgehead atoms. The molecule has 0 aliphatic carbocycles. The van der Waals surface area contributed by atoms with E-state index < -0.39 is 29.6 Å². The van der Waals surface area contributed by atoms with Crippen LogP contribution in [-0.2, 0) is 23.9 Å². The highest BCUT2D eigenvalue weighted by atomic mass is 35.5. The fourth-order valence-electron chi connectivity index (χ4n) is 4.52. The van der Waals surface area contributed by atoms with Crippen molar-refractivity contribution in [1.82, 2.24) is 10.6 Å². The Bertz CT molecular complexity index is 1410. The molecule has 3 N–H and O–H groups in total. The molecule has 4 atom stereocenters. The zero-order valence-corrected chi connectivity index (χ0v) is 29.1. The number of allylic oxidation sites excluding steroid dienone is 5. The van der Waals surface area contributed by atoms with E-state index in [2.05, 4.69) is 16.0 Å². The predicted octanol–water partition coefficient (Wildman–Crippen LogP) is 7.64. The van der Waals surface area contributed by atoms with E-state index in [0.717, 1.165) is 5.57 Å². The number of anilines is 1. The molecule has 1 aromatic rings. The molecule has 0 aromatic heterocycles. The summed E-state index contributed by atoms with van der Waals surface area (Å²) in [6, 6.07) is 8.14. The monoisotopic (exact) mass is 665 g/mol. The average Bonchev–Trinajstić information content (AvgIpc) is 2.99. The van der Waals surface area contributed by atoms with Gasteiger partial charge in [-0.25, -0.2) is 9.59 Å². The maximum Gasteiger partial charge on any atom is 0.411 e. The Kier molecular flexibility index (Phi) is 16.0. The first-order chi connectivity index (χ1) is 22.1. The first-order valence-corrected chi connectivity index (χ1v) is 16.0. The molecule has 10 heteroatoms. The number of amides is 3. The Morgan fingerprint density at radius 1 is 1.09 bits per heavy atom. The number of ether oxygens (including phenoxy) is 2. The Hall–Kier alpha value is -4.37. The Labute approximate surface area is 283 Å². The third-order valence-electron chi connectivity index (χ3n) is 7.18. The number of carbonyl (C=O) groups excluding carboxylic acids is 4. The van der Waals surface area contributed by atoms with Crippen LogP contribution in [0.4, 0.5) is 10.5 Å². The van der Waals surface area contributed by atoms with Gasteiger partial charge in [-0.1, -0.05) is 106 Å². The van der Waals surface area contributed by atoms with Crippen molar-refractivity contribution in [2.75, 3.05) is 5.32 Å². The highest BCUT2D eigenvalue weighted by molar-refractivity contribution is 6.29. The first kappa shape index (κ1) is 38.8. The van der Waals surface area contributed by atoms with Gasteiger partial charge in [-0.3, -0.25) is 14.9 Å². The number of hydrogen-bond donors (Lipinski definition) is 3. The van der Waals surface area contributed by atoms with Crippen LogP contribution in [0, 0.1) is 11.3 Å². The molecule has 2 rings (SSSR count). The Balaban J connectivity index is 1.92. The molecular formula is C37H48ClN3O6. The molecule has 0 fully saturated rings. The number of cyclic esters (lactones) is 1. The molecule has 254 valence electrons. The van der Waals surface area contributed by atoms with Crippen molar-refractivity contribution < 1.29 is 28.7 Å². The van der Waals surface area contributed by atoms with E-state index >= 15 is 0 Å². The summed E-state index contributed by atoms with van der Waals surface area (Å²) in [6.07, 6.45) is 15.5. The van der Waals surface area contributed by atoms with Gasteiger partial charge in [0.2, 0.25) is 11.8 Å². The van der Waals surface area contributed by atoms with Gasteiger partial charge in [0.1, 0.15) is 18.2 Å². The van der Waals surface area contributed by atoms with E-state index in [4.69, 9.17) is 21.1 Å². The number of esters is 1. The van der Waals surface area contributed by atoms with Crippen LogP contribution >= 0.6 is 11.6 Å². The van der Waals surface area contributed by atoms with Gasteiger partial charge < -0.3 is 20.1 Å². The zero-order chi connectivity index (χ0) is 35.0. The summed E-state index contributed by atoms with van der Waals surface area (Å²) in [7, 11) is 0. The van der Waals surface area contributed by atoms with Crippen molar-refractivity contribution in [3.63, 3.8) is 0 Å². The summed E-state index contributed by atoms with van der Waals surface area (Å²) in [5, 5.41) is 8.77. The lowest BCUT2D eigenvalue weighted by molar-refractivity contribution is -0.147. The van der Waals surface area contributed by atoms with Gasteiger partial charge in [0.15, 0.2) is 0 Å². The highest BCUT2D eigenvalue weighted by Gasteiger charge is 2.32. The normalized spacial score (nSPS) is 18.0. The van der Waals surface area contributed by atoms with Crippen molar-refractivity contribution in [2.24, 2.45) is 11.3 Å². The smallest absolute Gasteiger partial charge is 0.411 e. The van der Waals surface area contributed by atoms with Crippen LogP contribution in [0.3, 0.4) is 0 Å². The lowest BCUT2D eigenvalue weighted by atomic mass is 9.86. The van der Waals surface area contributed by atoms with Crippen LogP contribution in [0.25, 0.3) is 0 Å². The molecule has 0 saturated heterocycles. The SMILES string of the molecule is CC1=CC[C@@H]([C@@H](C)/C=C(C)/C=C\C=C/C(=O)N[C@H](C(=O)N/C=C\C[C@H](C/C=C(\C)Cl)OC(=O)Nc2ccccc2)C(C)(C)C)OC1=O. The van der Waals surface area contributed by atoms with Gasteiger partial charge in [0, 0.05) is 47.5 Å². The molecule has 1 aromatic carbocycles. The second kappa shape index (κ2) is 19.3. The maximum atomic E-state index is 13.1. The van der Waals surface area contributed by atoms with Crippen LogP contribution in [0.15, 0.2) is 101 Å². The molecule has 0 unspecified atom stereocenters. The van der Waals surface area contributed by atoms with E-state index in [9.17, 15) is 19.2 Å². The minimum absolute atomic E-state index is 0.0320. The van der Waals surface area contributed by atoms with Crippen LogP contribution in [0.2, 0.25) is 0 Å². The number of carbonyl (C=O) groups is 4. The summed E-state index contributed by atoms with van der Waals surface area (Å²) in [6.45, 7) is 13.0. The number of rotatable bonds is 14. The number of hydrogen-bond acceptors (Lipinski definition) is 6. The highest BCUT2D eigenvalue weighted by Crippen LogP contribution is 2.22. The standard InChI is InChI=1S/C37H48ClN3O6/c1-25(24-27(3)31-22-19-26(2)35(44)47-31)14-11-12-18-32(42)41-33(37(5,6)7)34(43)39-23-13-17-30(21-20-28(4)38)46-36(45)40-29-15-9-8-10-16-29/h8-16,18-20,23-24,27,30-31,33H,17,21-22H2,1-7H3,(H,39,43)(H,40,45)(H,41,42)/b14-11-,18-12-,23-13-,25-24+,28-20+/t27-,30+,31-,33+/m0/s1. The second-order valence-corrected chi connectivity index (χ2v) is 13.2. The number of para-hydroxylation sites is 1. The van der Waals surface area contributed by atoms with E-state index in [1.165, 1.54) is 12.3 Å². The van der Waals surface area contributed by atoms with E-state index in [0.29, 0.717) is 35.6 Å². The lowest BCUT2D eigenvalue weighted by Crippen LogP contribution is -2.52. The summed E-state index contributed by atoms with van der Waals surface area (Å²) in [4.78, 5) is 50.0. The second-order valence-electron chi connectivity index (χ2n) is 12.6. The van der Waals surface area contributed by atoms with Crippen LogP contribution < -0.4 is 16.0 Å². The van der Waals surface area contributed by atoms with Gasteiger partial charge in [0.25, 0.3) is 0 Å². The molecule has 1 aliphatic heterocycles. The van der Waals surface area contributed by atoms with E-state index in [1.807, 2.05) is 58.9 Å². The minimum atomic E-state index is -0.822. The van der Waals surface area contributed by atoms with Crippen LogP contribution in [0.5, 0.6) is 0 Å². The number of nitrogens with one attached hydrogen (secondary N) is 3. The third kappa shape index (κ3) is 15.2. The van der Waals surface area contributed by atoms with Gasteiger partial charge in [-0.15, -0.1) is 0 Å². The summed E-state index contributed by atoms with van der Waals surface area (Å²) in [5.41, 5.74) is 1.63. The molecule has 0 radical (unpaired) electrons. The predicted molar refractivity (Wildman–Crippen MR) is 187 cm³/mol. The summed E-state index contributed by atoms with van der Waals surface area (Å²) in [5.74, 6) is -1.05. The maximum absolute atomic E-state index is 13.1. The average molecular weight is 666 g/mol. The van der Waals surface area contributed by atoms with Gasteiger partial charge >= 0.3 is 12.1 Å². The summed E-state index contributed by atoms with van der Waals surface area (Å²) >= 11 is 5.99. The van der Waals surface area contributed by atoms with Gasteiger partial charge in [-0.05, 0) is 44.5 Å². The molecule has 0 saturated carbocycles. The fraction of sp³-hybridized carbons (Fsp3) is 0.405. The molecule has 0 spiro atoms. The molecule has 1 heterocycles.